The van der Waals surface area contributed by atoms with Crippen LogP contribution in [0.1, 0.15) is 20.8 Å². The van der Waals surface area contributed by atoms with E-state index in [4.69, 9.17) is 33.4 Å². The summed E-state index contributed by atoms with van der Waals surface area (Å²) in [4.78, 5) is 0. The SMILES string of the molecule is CC(C)(C)N=P(NC(=N)N)(NC(=N)N)NC(=N)N. The molecule has 12 N–H and O–H groups in total. The Kier molecular flexibility index (Phi) is 4.98. The minimum Gasteiger partial charge on any atom is -0.370 e. The Labute approximate surface area is 106 Å². The summed E-state index contributed by atoms with van der Waals surface area (Å²) in [6.45, 7) is 5.44. The molecule has 18 heavy (non-hydrogen) atoms. The summed E-state index contributed by atoms with van der Waals surface area (Å²) in [5.74, 6) is -1.13. The molecular weight excluding hydrogens is 255 g/mol. The lowest BCUT2D eigenvalue weighted by Crippen LogP contribution is -2.46. The summed E-state index contributed by atoms with van der Waals surface area (Å²) in [7, 11) is -2.96. The molecule has 10 nitrogen and oxygen atoms in total. The highest BCUT2D eigenvalue weighted by Gasteiger charge is 2.25. The third kappa shape index (κ3) is 6.59. The summed E-state index contributed by atoms with van der Waals surface area (Å²) >= 11 is 0. The van der Waals surface area contributed by atoms with Crippen LogP contribution in [0.3, 0.4) is 0 Å². The molecule has 0 atom stereocenters. The molecule has 0 rings (SSSR count). The van der Waals surface area contributed by atoms with Crippen LogP contribution in [0.15, 0.2) is 4.74 Å². The summed E-state index contributed by atoms with van der Waals surface area (Å²) in [6.07, 6.45) is 0. The van der Waals surface area contributed by atoms with Gasteiger partial charge in [-0.2, -0.15) is 0 Å². The van der Waals surface area contributed by atoms with Crippen molar-refractivity contribution in [2.75, 3.05) is 0 Å². The van der Waals surface area contributed by atoms with Gasteiger partial charge in [0.25, 0.3) is 0 Å². The van der Waals surface area contributed by atoms with Crippen molar-refractivity contribution in [3.63, 3.8) is 0 Å². The quantitative estimate of drug-likeness (QED) is 0.183. The van der Waals surface area contributed by atoms with Gasteiger partial charge in [0.15, 0.2) is 17.9 Å². The Hall–Kier alpha value is -1.96. The van der Waals surface area contributed by atoms with Gasteiger partial charge in [-0.15, -0.1) is 0 Å². The van der Waals surface area contributed by atoms with Crippen molar-refractivity contribution in [2.24, 2.45) is 21.9 Å². The Morgan fingerprint density at radius 3 is 1.33 bits per heavy atom. The van der Waals surface area contributed by atoms with Gasteiger partial charge in [-0.05, 0) is 20.8 Å². The highest BCUT2D eigenvalue weighted by Crippen LogP contribution is 2.38. The molecule has 0 aromatic rings. The van der Waals surface area contributed by atoms with E-state index in [9.17, 15) is 0 Å². The molecule has 0 spiro atoms. The van der Waals surface area contributed by atoms with Crippen molar-refractivity contribution in [1.29, 1.82) is 16.2 Å². The monoisotopic (exact) mass is 276 g/mol. The predicted molar refractivity (Wildman–Crippen MR) is 74.3 cm³/mol. The highest BCUT2D eigenvalue weighted by atomic mass is 31.2. The first-order valence-corrected chi connectivity index (χ1v) is 6.70. The second-order valence-electron chi connectivity index (χ2n) is 4.48. The van der Waals surface area contributed by atoms with Gasteiger partial charge in [0.1, 0.15) is 0 Å². The largest absolute Gasteiger partial charge is 0.370 e. The maximum Gasteiger partial charge on any atom is 0.243 e. The van der Waals surface area contributed by atoms with Crippen LogP contribution >= 0.6 is 7.51 Å². The lowest BCUT2D eigenvalue weighted by atomic mass is 10.1. The number of hydrogen-bond acceptors (Lipinski definition) is 4. The molecule has 0 fully saturated rings. The molecule has 0 aromatic heterocycles. The van der Waals surface area contributed by atoms with E-state index in [1.54, 1.807) is 0 Å². The molecule has 0 saturated heterocycles. The third-order valence-electron chi connectivity index (χ3n) is 1.30. The maximum atomic E-state index is 7.28. The zero-order valence-electron chi connectivity index (χ0n) is 10.6. The Bertz CT molecular complexity index is 357. The molecule has 0 aliphatic heterocycles. The van der Waals surface area contributed by atoms with E-state index in [1.807, 2.05) is 20.8 Å². The van der Waals surface area contributed by atoms with E-state index in [-0.39, 0.29) is 17.9 Å². The second kappa shape index (κ2) is 5.58. The lowest BCUT2D eigenvalue weighted by molar-refractivity contribution is 0.587. The number of nitrogens with one attached hydrogen (secondary N) is 6. The number of nitrogens with two attached hydrogens (primary N) is 3. The molecule has 0 radical (unpaired) electrons. The van der Waals surface area contributed by atoms with E-state index in [0.717, 1.165) is 0 Å². The smallest absolute Gasteiger partial charge is 0.243 e. The van der Waals surface area contributed by atoms with Gasteiger partial charge in [0, 0.05) is 0 Å². The van der Waals surface area contributed by atoms with Gasteiger partial charge in [-0.1, -0.05) is 0 Å². The zero-order chi connectivity index (χ0) is 14.6. The van der Waals surface area contributed by atoms with Crippen LogP contribution < -0.4 is 32.5 Å². The molecule has 0 unspecified atom stereocenters. The molecule has 0 aromatic carbocycles. The third-order valence-corrected chi connectivity index (χ3v) is 3.89. The van der Waals surface area contributed by atoms with Crippen LogP contribution in [0.4, 0.5) is 0 Å². The zero-order valence-corrected chi connectivity index (χ0v) is 11.5. The maximum absolute atomic E-state index is 7.28. The van der Waals surface area contributed by atoms with Crippen molar-refractivity contribution < 1.29 is 0 Å². The molecule has 0 bridgehead atoms. The minimum absolute atomic E-state index is 0.376. The van der Waals surface area contributed by atoms with Gasteiger partial charge < -0.3 is 17.2 Å². The standard InChI is InChI=1S/C7H21N10P/c1-7(2,3)17-18(14-4(8)9,15-5(10)11)16-6(12)13/h1-3H3,(H4,8,9,14)(H4,10,11,15)(H4,12,13,16). The summed E-state index contributed by atoms with van der Waals surface area (Å²) in [5.41, 5.74) is 15.3. The fourth-order valence-electron chi connectivity index (χ4n) is 1.13. The molecule has 0 saturated carbocycles. The first-order chi connectivity index (χ1) is 7.96. The highest BCUT2D eigenvalue weighted by molar-refractivity contribution is 7.62. The fourth-order valence-corrected chi connectivity index (χ4v) is 3.40. The number of nitrogens with zero attached hydrogens (tertiary/aromatic N) is 1. The Morgan fingerprint density at radius 2 is 1.17 bits per heavy atom. The van der Waals surface area contributed by atoms with E-state index in [0.29, 0.717) is 0 Å². The van der Waals surface area contributed by atoms with Gasteiger partial charge in [0.05, 0.1) is 5.54 Å². The van der Waals surface area contributed by atoms with Crippen LogP contribution in [0.5, 0.6) is 0 Å². The number of hydrogen-bond donors (Lipinski definition) is 9. The van der Waals surface area contributed by atoms with E-state index in [1.165, 1.54) is 0 Å². The average molecular weight is 276 g/mol. The van der Waals surface area contributed by atoms with Crippen LogP contribution in [0.25, 0.3) is 0 Å². The first-order valence-electron chi connectivity index (χ1n) is 4.96. The number of rotatable bonds is 3. The van der Waals surface area contributed by atoms with Gasteiger partial charge in [0.2, 0.25) is 7.51 Å². The average Bonchev–Trinajstić information content (AvgIpc) is 1.92. The Morgan fingerprint density at radius 1 is 0.889 bits per heavy atom. The van der Waals surface area contributed by atoms with E-state index in [2.05, 4.69) is 20.0 Å². The molecule has 0 amide bonds. The normalized spacial score (nSPS) is 13.9. The topological polar surface area (TPSA) is 198 Å². The predicted octanol–water partition coefficient (Wildman–Crippen LogP) is -0.820. The molecule has 11 heteroatoms. The molecular formula is C7H21N10P. The summed E-state index contributed by atoms with van der Waals surface area (Å²) in [5, 5.41) is 29.5. The second-order valence-corrected chi connectivity index (χ2v) is 6.62. The van der Waals surface area contributed by atoms with E-state index < -0.39 is 13.0 Å². The first kappa shape index (κ1) is 16.0. The van der Waals surface area contributed by atoms with E-state index >= 15 is 0 Å². The minimum atomic E-state index is -2.96. The summed E-state index contributed by atoms with van der Waals surface area (Å²) < 4.78 is 4.38. The van der Waals surface area contributed by atoms with Gasteiger partial charge >= 0.3 is 0 Å². The van der Waals surface area contributed by atoms with Gasteiger partial charge in [-0.3, -0.25) is 31.5 Å². The van der Waals surface area contributed by atoms with Crippen LogP contribution in [0, 0.1) is 16.2 Å². The van der Waals surface area contributed by atoms with Crippen molar-refractivity contribution >= 4 is 25.4 Å². The lowest BCUT2D eigenvalue weighted by Gasteiger charge is -2.30. The van der Waals surface area contributed by atoms with Gasteiger partial charge in [-0.25, -0.2) is 4.74 Å². The van der Waals surface area contributed by atoms with Crippen molar-refractivity contribution in [3.8, 4) is 0 Å². The fraction of sp³-hybridized carbons (Fsp3) is 0.571. The Balaban J connectivity index is 5.67. The van der Waals surface area contributed by atoms with Crippen molar-refractivity contribution in [1.82, 2.24) is 15.3 Å². The number of guanidine groups is 3. The molecule has 0 heterocycles. The molecule has 0 aliphatic rings. The molecule has 0 aliphatic carbocycles. The molecule has 104 valence electrons. The van der Waals surface area contributed by atoms with Crippen molar-refractivity contribution in [2.45, 2.75) is 26.3 Å². The van der Waals surface area contributed by atoms with Crippen molar-refractivity contribution in [3.05, 3.63) is 0 Å². The summed E-state index contributed by atoms with van der Waals surface area (Å²) in [6, 6.07) is 0. The van der Waals surface area contributed by atoms with Crippen LogP contribution in [-0.2, 0) is 0 Å². The van der Waals surface area contributed by atoms with Crippen LogP contribution in [-0.4, -0.2) is 23.4 Å². The van der Waals surface area contributed by atoms with Crippen LogP contribution in [0.2, 0.25) is 0 Å².